The summed E-state index contributed by atoms with van der Waals surface area (Å²) in [5, 5.41) is 21.4. The van der Waals surface area contributed by atoms with Crippen LogP contribution in [0.5, 0.6) is 5.75 Å². The van der Waals surface area contributed by atoms with E-state index in [0.717, 1.165) is 17.0 Å². The topological polar surface area (TPSA) is 119 Å². The summed E-state index contributed by atoms with van der Waals surface area (Å²) in [7, 11) is 2.87. The van der Waals surface area contributed by atoms with E-state index in [-0.39, 0.29) is 36.9 Å². The van der Waals surface area contributed by atoms with Gasteiger partial charge in [-0.05, 0) is 48.9 Å². The standard InChI is InChI=1S/C22H23N5O5/c1-13-10-18-19(25-27(24-18)14-4-6-15(31-2)7-5-14)11-17(13)23-20-16(22(30)32-3)12-26(8-9-28)21(20)29/h4-7,10-11,23,28H,8-9,12H2,1-3H3. The number of aliphatic hydroxyl groups is 1. The van der Waals surface area contributed by atoms with Crippen LogP contribution in [-0.4, -0.2) is 70.8 Å². The third kappa shape index (κ3) is 3.87. The van der Waals surface area contributed by atoms with Crippen LogP contribution in [0.3, 0.4) is 0 Å². The number of aromatic nitrogens is 3. The zero-order valence-corrected chi connectivity index (χ0v) is 18.0. The number of aryl methyl sites for hydroxylation is 1. The molecule has 0 aliphatic carbocycles. The van der Waals surface area contributed by atoms with E-state index < -0.39 is 5.97 Å². The number of anilines is 1. The van der Waals surface area contributed by atoms with Crippen LogP contribution < -0.4 is 10.1 Å². The Balaban J connectivity index is 1.68. The van der Waals surface area contributed by atoms with Gasteiger partial charge in [0.05, 0.1) is 38.6 Å². The lowest BCUT2D eigenvalue weighted by Crippen LogP contribution is -2.31. The largest absolute Gasteiger partial charge is 0.497 e. The predicted molar refractivity (Wildman–Crippen MR) is 116 cm³/mol. The average Bonchev–Trinajstić information content (AvgIpc) is 3.35. The van der Waals surface area contributed by atoms with Gasteiger partial charge in [-0.3, -0.25) is 4.79 Å². The van der Waals surface area contributed by atoms with Crippen molar-refractivity contribution in [3.05, 3.63) is 53.2 Å². The first-order chi connectivity index (χ1) is 15.4. The Morgan fingerprint density at radius 3 is 2.47 bits per heavy atom. The number of nitrogens with zero attached hydrogens (tertiary/aromatic N) is 4. The molecule has 0 saturated heterocycles. The monoisotopic (exact) mass is 437 g/mol. The van der Waals surface area contributed by atoms with Gasteiger partial charge < -0.3 is 24.8 Å². The van der Waals surface area contributed by atoms with Crippen LogP contribution >= 0.6 is 0 Å². The number of hydrogen-bond acceptors (Lipinski definition) is 8. The number of hydrogen-bond donors (Lipinski definition) is 2. The fourth-order valence-electron chi connectivity index (χ4n) is 3.52. The number of amides is 1. The molecule has 166 valence electrons. The molecule has 0 atom stereocenters. The van der Waals surface area contributed by atoms with E-state index in [1.807, 2.05) is 37.3 Å². The number of carbonyl (C=O) groups excluding carboxylic acids is 2. The third-order valence-corrected chi connectivity index (χ3v) is 5.24. The van der Waals surface area contributed by atoms with E-state index in [4.69, 9.17) is 9.47 Å². The van der Waals surface area contributed by atoms with Gasteiger partial charge in [0.15, 0.2) is 0 Å². The molecule has 10 heteroatoms. The number of rotatable bonds is 7. The fourth-order valence-corrected chi connectivity index (χ4v) is 3.52. The fraction of sp³-hybridized carbons (Fsp3) is 0.273. The molecule has 1 aliphatic rings. The van der Waals surface area contributed by atoms with Gasteiger partial charge in [-0.1, -0.05) is 0 Å². The van der Waals surface area contributed by atoms with E-state index in [1.165, 1.54) is 16.8 Å². The average molecular weight is 437 g/mol. The second-order valence-corrected chi connectivity index (χ2v) is 7.26. The van der Waals surface area contributed by atoms with E-state index >= 15 is 0 Å². The number of ether oxygens (including phenoxy) is 2. The van der Waals surface area contributed by atoms with Crippen LogP contribution in [0.1, 0.15) is 5.56 Å². The Morgan fingerprint density at radius 2 is 1.84 bits per heavy atom. The number of fused-ring (bicyclic) bond motifs is 1. The van der Waals surface area contributed by atoms with Crippen molar-refractivity contribution in [1.82, 2.24) is 19.9 Å². The highest BCUT2D eigenvalue weighted by atomic mass is 16.5. The van der Waals surface area contributed by atoms with Crippen molar-refractivity contribution in [3.8, 4) is 11.4 Å². The minimum atomic E-state index is -0.592. The molecule has 1 amide bonds. The van der Waals surface area contributed by atoms with Gasteiger partial charge in [0.1, 0.15) is 22.5 Å². The zero-order chi connectivity index (χ0) is 22.8. The lowest BCUT2D eigenvalue weighted by molar-refractivity contribution is -0.136. The van der Waals surface area contributed by atoms with Crippen molar-refractivity contribution >= 4 is 28.6 Å². The minimum absolute atomic E-state index is 0.0728. The SMILES string of the molecule is COC(=O)C1=C(Nc2cc3nn(-c4ccc(OC)cc4)nc3cc2C)C(=O)N(CCO)C1. The molecule has 0 saturated carbocycles. The quantitative estimate of drug-likeness (QED) is 0.533. The van der Waals surface area contributed by atoms with Gasteiger partial charge in [-0.25, -0.2) is 4.79 Å². The molecule has 2 heterocycles. The van der Waals surface area contributed by atoms with Crippen molar-refractivity contribution in [3.63, 3.8) is 0 Å². The summed E-state index contributed by atoms with van der Waals surface area (Å²) in [4.78, 5) is 27.9. The predicted octanol–water partition coefficient (Wildman–Crippen LogP) is 1.41. The van der Waals surface area contributed by atoms with Crippen molar-refractivity contribution < 1.29 is 24.2 Å². The second kappa shape index (κ2) is 8.67. The number of esters is 1. The van der Waals surface area contributed by atoms with E-state index in [9.17, 15) is 14.7 Å². The molecule has 0 unspecified atom stereocenters. The number of β-amino-alcohol motifs (C(OH)–C–C–N with tert-alkyl or cyclic N) is 1. The molecule has 2 aromatic carbocycles. The smallest absolute Gasteiger partial charge is 0.337 e. The highest BCUT2D eigenvalue weighted by molar-refractivity contribution is 6.08. The van der Waals surface area contributed by atoms with Crippen LogP contribution in [-0.2, 0) is 14.3 Å². The van der Waals surface area contributed by atoms with Crippen LogP contribution in [0, 0.1) is 6.92 Å². The van der Waals surface area contributed by atoms with Gasteiger partial charge in [0.2, 0.25) is 0 Å². The highest BCUT2D eigenvalue weighted by Gasteiger charge is 2.34. The van der Waals surface area contributed by atoms with Gasteiger partial charge in [0.25, 0.3) is 5.91 Å². The summed E-state index contributed by atoms with van der Waals surface area (Å²) in [5.74, 6) is -0.231. The van der Waals surface area contributed by atoms with Crippen molar-refractivity contribution in [2.24, 2.45) is 0 Å². The Labute approximate surface area is 184 Å². The van der Waals surface area contributed by atoms with Crippen molar-refractivity contribution in [2.45, 2.75) is 6.92 Å². The van der Waals surface area contributed by atoms with Crippen molar-refractivity contribution in [1.29, 1.82) is 0 Å². The number of carbonyl (C=O) groups is 2. The molecule has 0 spiro atoms. The summed E-state index contributed by atoms with van der Waals surface area (Å²) in [6, 6.07) is 11.0. The van der Waals surface area contributed by atoms with Gasteiger partial charge >= 0.3 is 5.97 Å². The van der Waals surface area contributed by atoms with Crippen molar-refractivity contribution in [2.75, 3.05) is 39.2 Å². The van der Waals surface area contributed by atoms with Gasteiger partial charge in [-0.15, -0.1) is 10.2 Å². The molecule has 4 rings (SSSR count). The van der Waals surface area contributed by atoms with Crippen LogP contribution in [0.2, 0.25) is 0 Å². The first-order valence-corrected chi connectivity index (χ1v) is 9.96. The molecule has 32 heavy (non-hydrogen) atoms. The molecular formula is C22H23N5O5. The van der Waals surface area contributed by atoms with E-state index in [2.05, 4.69) is 15.5 Å². The maximum atomic E-state index is 12.8. The number of nitrogens with one attached hydrogen (secondary N) is 1. The normalized spacial score (nSPS) is 13.8. The summed E-state index contributed by atoms with van der Waals surface area (Å²) < 4.78 is 10.0. The maximum absolute atomic E-state index is 12.8. The van der Waals surface area contributed by atoms with Gasteiger partial charge in [-0.2, -0.15) is 4.80 Å². The number of aliphatic hydroxyl groups excluding tert-OH is 1. The number of methoxy groups -OCH3 is 2. The molecule has 0 fully saturated rings. The van der Waals surface area contributed by atoms with E-state index in [0.29, 0.717) is 16.7 Å². The summed E-state index contributed by atoms with van der Waals surface area (Å²) in [6.45, 7) is 1.87. The molecule has 0 radical (unpaired) electrons. The van der Waals surface area contributed by atoms with Gasteiger partial charge in [0, 0.05) is 12.2 Å². The summed E-state index contributed by atoms with van der Waals surface area (Å²) in [6.07, 6.45) is 0. The molecule has 2 N–H and O–H groups in total. The maximum Gasteiger partial charge on any atom is 0.337 e. The van der Waals surface area contributed by atoms with Crippen LogP contribution in [0.15, 0.2) is 47.7 Å². The summed E-state index contributed by atoms with van der Waals surface area (Å²) in [5.41, 5.74) is 3.87. The molecule has 10 nitrogen and oxygen atoms in total. The number of benzene rings is 2. The summed E-state index contributed by atoms with van der Waals surface area (Å²) >= 11 is 0. The Morgan fingerprint density at radius 1 is 1.16 bits per heavy atom. The first kappa shape index (κ1) is 21.3. The third-order valence-electron chi connectivity index (χ3n) is 5.24. The lowest BCUT2D eigenvalue weighted by Gasteiger charge is -2.15. The first-order valence-electron chi connectivity index (χ1n) is 9.96. The molecule has 1 aromatic heterocycles. The van der Waals surface area contributed by atoms with Crippen LogP contribution in [0.4, 0.5) is 5.69 Å². The van der Waals surface area contributed by atoms with E-state index in [1.54, 1.807) is 13.2 Å². The molecule has 0 bridgehead atoms. The molecule has 3 aromatic rings. The Hall–Kier alpha value is -3.92. The Kier molecular flexibility index (Phi) is 5.78. The second-order valence-electron chi connectivity index (χ2n) is 7.26. The molecule has 1 aliphatic heterocycles. The van der Waals surface area contributed by atoms with Crippen LogP contribution in [0.25, 0.3) is 16.7 Å². The molecular weight excluding hydrogens is 414 g/mol. The minimum Gasteiger partial charge on any atom is -0.497 e. The Bertz CT molecular complexity index is 1220. The highest BCUT2D eigenvalue weighted by Crippen LogP contribution is 2.27. The lowest BCUT2D eigenvalue weighted by atomic mass is 10.1. The zero-order valence-electron chi connectivity index (χ0n) is 18.0.